The molecule has 2 aromatic rings. The minimum Gasteiger partial charge on any atom is -0.495 e. The number of non-ortho nitro benzene ring substituents is 1. The van der Waals surface area contributed by atoms with E-state index in [-0.39, 0.29) is 42.1 Å². The molecule has 0 saturated carbocycles. The number of carbonyl (C=O) groups excluding carboxylic acids is 1. The average molecular weight is 508 g/mol. The van der Waals surface area contributed by atoms with Crippen molar-refractivity contribution in [3.63, 3.8) is 0 Å². The monoisotopic (exact) mass is 507 g/mol. The molecule has 0 saturated heterocycles. The smallest absolute Gasteiger partial charge is 0.271 e. The molecule has 0 radical (unpaired) electrons. The molecule has 1 N–H and O–H groups in total. The summed E-state index contributed by atoms with van der Waals surface area (Å²) >= 11 is 0. The van der Waals surface area contributed by atoms with Crippen molar-refractivity contribution in [3.8, 4) is 11.5 Å². The molecule has 192 valence electrons. The number of sulfonamides is 1. The second-order valence-electron chi connectivity index (χ2n) is 9.01. The van der Waals surface area contributed by atoms with Gasteiger partial charge in [0.05, 0.1) is 24.8 Å². The van der Waals surface area contributed by atoms with Gasteiger partial charge in [-0.2, -0.15) is 0 Å². The molecule has 0 spiro atoms. The number of ether oxygens (including phenoxy) is 2. The normalized spacial score (nSPS) is 12.5. The number of hydrogen-bond acceptors (Lipinski definition) is 7. The van der Waals surface area contributed by atoms with Gasteiger partial charge in [-0.3, -0.25) is 19.2 Å². The number of nitrogens with one attached hydrogen (secondary N) is 1. The highest BCUT2D eigenvalue weighted by atomic mass is 32.2. The Morgan fingerprint density at radius 3 is 2.29 bits per heavy atom. The molecule has 0 aliphatic rings. The van der Waals surface area contributed by atoms with E-state index in [1.54, 1.807) is 6.92 Å². The maximum Gasteiger partial charge on any atom is 0.271 e. The van der Waals surface area contributed by atoms with Crippen molar-refractivity contribution in [1.29, 1.82) is 0 Å². The molecule has 0 bridgehead atoms. The summed E-state index contributed by atoms with van der Waals surface area (Å²) in [6.45, 7) is 8.32. The van der Waals surface area contributed by atoms with E-state index in [0.717, 1.165) is 16.6 Å². The summed E-state index contributed by atoms with van der Waals surface area (Å²) in [7, 11) is -2.68. The largest absolute Gasteiger partial charge is 0.495 e. The topological polar surface area (TPSA) is 128 Å². The van der Waals surface area contributed by atoms with E-state index >= 15 is 0 Å². The molecule has 0 aliphatic heterocycles. The zero-order valence-electron chi connectivity index (χ0n) is 20.9. The quantitative estimate of drug-likeness (QED) is 0.279. The molecule has 10 nitrogen and oxygen atoms in total. The van der Waals surface area contributed by atoms with Crippen LogP contribution in [0.2, 0.25) is 0 Å². The number of carbonyl (C=O) groups is 1. The van der Waals surface area contributed by atoms with Gasteiger partial charge in [-0.15, -0.1) is 0 Å². The van der Waals surface area contributed by atoms with Crippen molar-refractivity contribution in [2.75, 3.05) is 30.8 Å². The van der Waals surface area contributed by atoms with Crippen molar-refractivity contribution in [2.45, 2.75) is 45.6 Å². The van der Waals surface area contributed by atoms with Crippen LogP contribution >= 0.6 is 0 Å². The minimum absolute atomic E-state index is 0.0228. The van der Waals surface area contributed by atoms with Crippen LogP contribution < -0.4 is 19.1 Å². The van der Waals surface area contributed by atoms with Gasteiger partial charge in [0.2, 0.25) is 15.9 Å². The predicted molar refractivity (Wildman–Crippen MR) is 135 cm³/mol. The van der Waals surface area contributed by atoms with Crippen molar-refractivity contribution < 1.29 is 27.6 Å². The first kappa shape index (κ1) is 27.9. The Kier molecular flexibility index (Phi) is 9.08. The Morgan fingerprint density at radius 2 is 1.80 bits per heavy atom. The predicted octanol–water partition coefficient (Wildman–Crippen LogP) is 3.64. The Hall–Kier alpha value is -3.34. The molecule has 0 fully saturated rings. The zero-order valence-corrected chi connectivity index (χ0v) is 21.7. The molecule has 35 heavy (non-hydrogen) atoms. The molecule has 2 rings (SSSR count). The van der Waals surface area contributed by atoms with Gasteiger partial charge in [0.15, 0.2) is 0 Å². The van der Waals surface area contributed by atoms with Gasteiger partial charge < -0.3 is 14.8 Å². The second-order valence-corrected chi connectivity index (χ2v) is 10.9. The lowest BCUT2D eigenvalue weighted by molar-refractivity contribution is -0.384. The fourth-order valence-electron chi connectivity index (χ4n) is 3.51. The van der Waals surface area contributed by atoms with Crippen LogP contribution in [0, 0.1) is 10.1 Å². The number of nitrogens with zero attached hydrogens (tertiary/aromatic N) is 2. The standard InChI is InChI=1S/C24H33N3O7S/c1-7-20(23(28)25-14-15-34-19-11-8-17(9-12-19)24(2,3)4)26(35(6,31)32)21-16-18(27(29)30)10-13-22(21)33-5/h8-13,16,20H,7,14-15H2,1-6H3,(H,25,28)/t20-/m0/s1. The van der Waals surface area contributed by atoms with Crippen LogP contribution in [0.25, 0.3) is 0 Å². The summed E-state index contributed by atoms with van der Waals surface area (Å²) in [5, 5.41) is 14.0. The van der Waals surface area contributed by atoms with Crippen molar-refractivity contribution in [3.05, 3.63) is 58.1 Å². The molecule has 11 heteroatoms. The summed E-state index contributed by atoms with van der Waals surface area (Å²) in [4.78, 5) is 23.6. The van der Waals surface area contributed by atoms with E-state index in [1.807, 2.05) is 24.3 Å². The van der Waals surface area contributed by atoms with E-state index in [1.165, 1.54) is 24.8 Å². The van der Waals surface area contributed by atoms with Crippen LogP contribution in [-0.2, 0) is 20.2 Å². The van der Waals surface area contributed by atoms with Gasteiger partial charge in [0.25, 0.3) is 5.69 Å². The summed E-state index contributed by atoms with van der Waals surface area (Å²) < 4.78 is 37.2. The van der Waals surface area contributed by atoms with Gasteiger partial charge in [-0.1, -0.05) is 39.8 Å². The number of nitro groups is 1. The number of anilines is 1. The van der Waals surface area contributed by atoms with Crippen LogP contribution in [0.1, 0.15) is 39.7 Å². The SMILES string of the molecule is CC[C@@H](C(=O)NCCOc1ccc(C(C)(C)C)cc1)N(c1cc([N+](=O)[O-])ccc1OC)S(C)(=O)=O. The Balaban J connectivity index is 2.16. The van der Waals surface area contributed by atoms with Crippen LogP contribution in [0.3, 0.4) is 0 Å². The highest BCUT2D eigenvalue weighted by molar-refractivity contribution is 7.92. The number of hydrogen-bond donors (Lipinski definition) is 1. The molecule has 2 aromatic carbocycles. The lowest BCUT2D eigenvalue weighted by atomic mass is 9.87. The number of methoxy groups -OCH3 is 1. The van der Waals surface area contributed by atoms with Gasteiger partial charge in [-0.05, 0) is 35.6 Å². The molecule has 1 atom stereocenters. The minimum atomic E-state index is -4.00. The first-order chi connectivity index (χ1) is 16.3. The van der Waals surface area contributed by atoms with Gasteiger partial charge in [0, 0.05) is 12.1 Å². The molecule has 1 amide bonds. The zero-order chi connectivity index (χ0) is 26.4. The fourth-order valence-corrected chi connectivity index (χ4v) is 4.72. The highest BCUT2D eigenvalue weighted by Gasteiger charge is 2.34. The number of rotatable bonds is 11. The molecular formula is C24H33N3O7S. The van der Waals surface area contributed by atoms with E-state index < -0.39 is 26.9 Å². The Morgan fingerprint density at radius 1 is 1.17 bits per heavy atom. The summed E-state index contributed by atoms with van der Waals surface area (Å²) in [5.74, 6) is 0.186. The molecule has 0 unspecified atom stereocenters. The third-order valence-electron chi connectivity index (χ3n) is 5.33. The van der Waals surface area contributed by atoms with Crippen LogP contribution in [-0.4, -0.2) is 51.8 Å². The molecule has 0 aliphatic carbocycles. The van der Waals surface area contributed by atoms with Crippen molar-refractivity contribution in [2.24, 2.45) is 0 Å². The second kappa shape index (κ2) is 11.4. The number of amides is 1. The molecule has 0 aromatic heterocycles. The first-order valence-electron chi connectivity index (χ1n) is 11.1. The maximum atomic E-state index is 13.0. The van der Waals surface area contributed by atoms with E-state index in [4.69, 9.17) is 9.47 Å². The lowest BCUT2D eigenvalue weighted by Gasteiger charge is -2.30. The Bertz CT molecular complexity index is 1140. The van der Waals surface area contributed by atoms with Gasteiger partial charge >= 0.3 is 0 Å². The number of nitro benzene ring substituents is 1. The lowest BCUT2D eigenvalue weighted by Crippen LogP contribution is -2.50. The third kappa shape index (κ3) is 7.32. The Labute approximate surface area is 206 Å². The van der Waals surface area contributed by atoms with Crippen molar-refractivity contribution in [1.82, 2.24) is 5.32 Å². The summed E-state index contributed by atoms with van der Waals surface area (Å²) in [6, 6.07) is 10.1. The fraction of sp³-hybridized carbons (Fsp3) is 0.458. The first-order valence-corrected chi connectivity index (χ1v) is 13.0. The van der Waals surface area contributed by atoms with Crippen molar-refractivity contribution >= 4 is 27.3 Å². The van der Waals surface area contributed by atoms with E-state index in [0.29, 0.717) is 5.75 Å². The summed E-state index contributed by atoms with van der Waals surface area (Å²) in [6.07, 6.45) is 1.06. The van der Waals surface area contributed by atoms with E-state index in [2.05, 4.69) is 26.1 Å². The van der Waals surface area contributed by atoms with Gasteiger partial charge in [0.1, 0.15) is 29.8 Å². The van der Waals surface area contributed by atoms with Crippen LogP contribution in [0.5, 0.6) is 11.5 Å². The number of benzene rings is 2. The maximum absolute atomic E-state index is 13.0. The van der Waals surface area contributed by atoms with Gasteiger partial charge in [-0.25, -0.2) is 8.42 Å². The molecular weight excluding hydrogens is 474 g/mol. The third-order valence-corrected chi connectivity index (χ3v) is 6.50. The van der Waals surface area contributed by atoms with Crippen LogP contribution in [0.4, 0.5) is 11.4 Å². The van der Waals surface area contributed by atoms with Crippen LogP contribution in [0.15, 0.2) is 42.5 Å². The molecule has 0 heterocycles. The average Bonchev–Trinajstić information content (AvgIpc) is 2.78. The highest BCUT2D eigenvalue weighted by Crippen LogP contribution is 2.35. The summed E-state index contributed by atoms with van der Waals surface area (Å²) in [5.41, 5.74) is 0.785. The van der Waals surface area contributed by atoms with E-state index in [9.17, 15) is 23.3 Å².